The minimum absolute atomic E-state index is 0.185. The van der Waals surface area contributed by atoms with Gasteiger partial charge in [0.25, 0.3) is 0 Å². The molecule has 0 saturated carbocycles. The lowest BCUT2D eigenvalue weighted by atomic mass is 10.1. The molecule has 0 bridgehead atoms. The first-order valence-corrected chi connectivity index (χ1v) is 5.02. The fourth-order valence-corrected chi connectivity index (χ4v) is 1.90. The molecule has 2 nitrogen and oxygen atoms in total. The van der Waals surface area contributed by atoms with Crippen LogP contribution in [0.4, 0.5) is 17.6 Å². The van der Waals surface area contributed by atoms with Crippen LogP contribution < -0.4 is 0 Å². The molecule has 0 saturated heterocycles. The minimum Gasteiger partial charge on any atom is -0.356 e. The number of nitrogens with zero attached hydrogens (tertiary/aromatic N) is 1. The molecule has 1 aromatic heterocycles. The van der Waals surface area contributed by atoms with Crippen molar-refractivity contribution in [3.63, 3.8) is 0 Å². The van der Waals surface area contributed by atoms with Crippen molar-refractivity contribution in [1.82, 2.24) is 5.16 Å². The van der Waals surface area contributed by atoms with Gasteiger partial charge in [0.2, 0.25) is 0 Å². The molecule has 0 atom stereocenters. The second kappa shape index (κ2) is 3.44. The largest absolute Gasteiger partial charge is 0.356 e. The van der Waals surface area contributed by atoms with Gasteiger partial charge in [0.1, 0.15) is 0 Å². The fourth-order valence-electron chi connectivity index (χ4n) is 1.90. The van der Waals surface area contributed by atoms with Crippen molar-refractivity contribution in [2.45, 2.75) is 6.92 Å². The smallest absolute Gasteiger partial charge is 0.198 e. The van der Waals surface area contributed by atoms with E-state index in [9.17, 15) is 17.6 Å². The Balaban J connectivity index is 2.59. The molecule has 3 aromatic rings. The monoisotopic (exact) mass is 255 g/mol. The lowest BCUT2D eigenvalue weighted by Crippen LogP contribution is -1.97. The molecule has 3 rings (SSSR count). The summed E-state index contributed by atoms with van der Waals surface area (Å²) in [6.45, 7) is 1.60. The molecule has 0 spiro atoms. The van der Waals surface area contributed by atoms with Gasteiger partial charge in [-0.25, -0.2) is 17.6 Å². The fraction of sp³-hybridized carbons (Fsp3) is 0.0833. The van der Waals surface area contributed by atoms with E-state index in [1.54, 1.807) is 6.92 Å². The second-order valence-electron chi connectivity index (χ2n) is 3.92. The van der Waals surface area contributed by atoms with Gasteiger partial charge in [-0.3, -0.25) is 0 Å². The summed E-state index contributed by atoms with van der Waals surface area (Å²) < 4.78 is 58.2. The lowest BCUT2D eigenvalue weighted by molar-refractivity contribution is 0.418. The third-order valence-corrected chi connectivity index (χ3v) is 2.84. The highest BCUT2D eigenvalue weighted by atomic mass is 19.2. The molecule has 0 radical (unpaired) electrons. The number of hydrogen-bond acceptors (Lipinski definition) is 2. The molecule has 1 heterocycles. The topological polar surface area (TPSA) is 26.0 Å². The van der Waals surface area contributed by atoms with E-state index < -0.39 is 23.3 Å². The minimum atomic E-state index is -1.84. The summed E-state index contributed by atoms with van der Waals surface area (Å²) in [5, 5.41) is 3.32. The van der Waals surface area contributed by atoms with Gasteiger partial charge >= 0.3 is 0 Å². The maximum atomic E-state index is 13.6. The lowest BCUT2D eigenvalue weighted by Gasteiger charge is -2.04. The molecule has 0 N–H and O–H groups in total. The highest BCUT2D eigenvalue weighted by molar-refractivity contribution is 5.97. The van der Waals surface area contributed by atoms with Gasteiger partial charge in [0.15, 0.2) is 28.9 Å². The highest BCUT2D eigenvalue weighted by Gasteiger charge is 2.21. The molecule has 18 heavy (non-hydrogen) atoms. The molecule has 0 aliphatic heterocycles. The Bertz CT molecular complexity index is 794. The van der Waals surface area contributed by atoms with Crippen LogP contribution >= 0.6 is 0 Å². The van der Waals surface area contributed by atoms with Gasteiger partial charge in [-0.05, 0) is 19.1 Å². The Morgan fingerprint density at radius 2 is 1.39 bits per heavy atom. The third kappa shape index (κ3) is 1.25. The van der Waals surface area contributed by atoms with Gasteiger partial charge in [0, 0.05) is 16.2 Å². The van der Waals surface area contributed by atoms with Gasteiger partial charge in [-0.15, -0.1) is 0 Å². The standard InChI is InChI=1S/C12H5F4NO/c1-4-5-2-6-7(3-8(5)18-17-4)10(14)12(16)11(15)9(6)13/h2-3H,1H3. The summed E-state index contributed by atoms with van der Waals surface area (Å²) in [7, 11) is 0. The van der Waals surface area contributed by atoms with Gasteiger partial charge < -0.3 is 4.52 Å². The quantitative estimate of drug-likeness (QED) is 0.346. The van der Waals surface area contributed by atoms with Crippen LogP contribution in [0.1, 0.15) is 5.69 Å². The van der Waals surface area contributed by atoms with Crippen molar-refractivity contribution in [3.05, 3.63) is 41.1 Å². The first-order valence-electron chi connectivity index (χ1n) is 5.02. The Morgan fingerprint density at radius 1 is 0.833 bits per heavy atom. The van der Waals surface area contributed by atoms with Gasteiger partial charge in [-0.1, -0.05) is 5.16 Å². The summed E-state index contributed by atoms with van der Waals surface area (Å²) in [4.78, 5) is 0. The van der Waals surface area contributed by atoms with Crippen LogP contribution in [0.2, 0.25) is 0 Å². The summed E-state index contributed by atoms with van der Waals surface area (Å²) in [6.07, 6.45) is 0. The highest BCUT2D eigenvalue weighted by Crippen LogP contribution is 2.31. The van der Waals surface area contributed by atoms with Gasteiger partial charge in [-0.2, -0.15) is 0 Å². The summed E-state index contributed by atoms with van der Waals surface area (Å²) in [5.74, 6) is -6.53. The molecular formula is C12H5F4NO. The summed E-state index contributed by atoms with van der Waals surface area (Å²) in [5.41, 5.74) is 0.640. The SMILES string of the molecule is Cc1noc2cc3c(F)c(F)c(F)c(F)c3cc12. The molecule has 6 heteroatoms. The molecule has 0 aliphatic carbocycles. The van der Waals surface area contributed by atoms with E-state index in [0.29, 0.717) is 11.1 Å². The van der Waals surface area contributed by atoms with E-state index in [-0.39, 0.29) is 16.4 Å². The zero-order chi connectivity index (χ0) is 13.0. The molecule has 0 unspecified atom stereocenters. The van der Waals surface area contributed by atoms with E-state index in [2.05, 4.69) is 5.16 Å². The van der Waals surface area contributed by atoms with E-state index in [0.717, 1.165) is 6.07 Å². The normalized spacial score (nSPS) is 11.6. The predicted molar refractivity (Wildman–Crippen MR) is 56.1 cm³/mol. The Morgan fingerprint density at radius 3 is 2.00 bits per heavy atom. The molecular weight excluding hydrogens is 250 g/mol. The van der Waals surface area contributed by atoms with Crippen LogP contribution in [0.3, 0.4) is 0 Å². The Kier molecular flexibility index (Phi) is 2.10. The zero-order valence-corrected chi connectivity index (χ0v) is 9.02. The maximum absolute atomic E-state index is 13.6. The van der Waals surface area contributed by atoms with Crippen LogP contribution in [0.25, 0.3) is 21.7 Å². The van der Waals surface area contributed by atoms with Crippen LogP contribution in [-0.2, 0) is 0 Å². The van der Waals surface area contributed by atoms with Crippen LogP contribution in [0, 0.1) is 30.2 Å². The van der Waals surface area contributed by atoms with E-state index in [1.807, 2.05) is 0 Å². The molecule has 0 aliphatic rings. The van der Waals surface area contributed by atoms with E-state index in [1.165, 1.54) is 6.07 Å². The van der Waals surface area contributed by atoms with E-state index >= 15 is 0 Å². The summed E-state index contributed by atoms with van der Waals surface area (Å²) in [6, 6.07) is 2.29. The van der Waals surface area contributed by atoms with Crippen molar-refractivity contribution in [2.75, 3.05) is 0 Å². The zero-order valence-electron chi connectivity index (χ0n) is 9.02. The van der Waals surface area contributed by atoms with E-state index in [4.69, 9.17) is 4.52 Å². The molecule has 0 fully saturated rings. The number of rotatable bonds is 0. The van der Waals surface area contributed by atoms with Crippen molar-refractivity contribution in [2.24, 2.45) is 0 Å². The maximum Gasteiger partial charge on any atom is 0.198 e. The molecule has 2 aromatic carbocycles. The number of halogens is 4. The Hall–Kier alpha value is -2.11. The van der Waals surface area contributed by atoms with Crippen molar-refractivity contribution in [1.29, 1.82) is 0 Å². The summed E-state index contributed by atoms with van der Waals surface area (Å²) >= 11 is 0. The van der Waals surface area contributed by atoms with Crippen LogP contribution in [0.15, 0.2) is 16.7 Å². The number of aromatic nitrogens is 1. The number of fused-ring (bicyclic) bond motifs is 2. The van der Waals surface area contributed by atoms with Crippen LogP contribution in [0.5, 0.6) is 0 Å². The molecule has 0 amide bonds. The van der Waals surface area contributed by atoms with Crippen molar-refractivity contribution >= 4 is 21.7 Å². The van der Waals surface area contributed by atoms with Crippen molar-refractivity contribution < 1.29 is 22.1 Å². The predicted octanol–water partition coefficient (Wildman–Crippen LogP) is 3.85. The average Bonchev–Trinajstić information content (AvgIpc) is 2.73. The second-order valence-corrected chi connectivity index (χ2v) is 3.92. The van der Waals surface area contributed by atoms with Crippen LogP contribution in [-0.4, -0.2) is 5.16 Å². The molecule has 92 valence electrons. The number of benzene rings is 2. The third-order valence-electron chi connectivity index (χ3n) is 2.84. The first kappa shape index (κ1) is 11.0. The van der Waals surface area contributed by atoms with Crippen molar-refractivity contribution in [3.8, 4) is 0 Å². The van der Waals surface area contributed by atoms with Gasteiger partial charge in [0.05, 0.1) is 5.69 Å². The average molecular weight is 255 g/mol. The number of hydrogen-bond donors (Lipinski definition) is 0. The first-order chi connectivity index (χ1) is 8.50. The number of aryl methyl sites for hydroxylation is 1. The Labute approximate surface area is 97.8 Å².